The molecule has 0 bridgehead atoms. The number of thioether (sulfide) groups is 1. The molecule has 11 heteroatoms. The van der Waals surface area contributed by atoms with Crippen molar-refractivity contribution in [3.8, 4) is 0 Å². The van der Waals surface area contributed by atoms with Gasteiger partial charge in [-0.1, -0.05) is 13.8 Å². The first-order valence-corrected chi connectivity index (χ1v) is 10.4. The number of carbonyl (C=O) groups is 4. The molecule has 0 aliphatic carbocycles. The van der Waals surface area contributed by atoms with Crippen molar-refractivity contribution in [3.05, 3.63) is 0 Å². The zero-order valence-electron chi connectivity index (χ0n) is 16.9. The van der Waals surface area contributed by atoms with Gasteiger partial charge in [-0.2, -0.15) is 11.8 Å². The zero-order chi connectivity index (χ0) is 22.0. The van der Waals surface area contributed by atoms with Crippen molar-refractivity contribution in [1.29, 1.82) is 0 Å². The number of amides is 3. The van der Waals surface area contributed by atoms with E-state index in [2.05, 4.69) is 16.0 Å². The van der Waals surface area contributed by atoms with E-state index in [0.29, 0.717) is 5.75 Å². The summed E-state index contributed by atoms with van der Waals surface area (Å²) in [6, 6.07) is -4.31. The lowest BCUT2D eigenvalue weighted by molar-refractivity contribution is -0.143. The molecule has 0 aliphatic heterocycles. The van der Waals surface area contributed by atoms with Crippen LogP contribution in [0.2, 0.25) is 0 Å². The van der Waals surface area contributed by atoms with Gasteiger partial charge in [-0.15, -0.1) is 0 Å². The van der Waals surface area contributed by atoms with Crippen molar-refractivity contribution in [2.24, 2.45) is 11.7 Å². The molecule has 5 unspecified atom stereocenters. The highest BCUT2D eigenvalue weighted by atomic mass is 32.2. The number of hydrogen-bond donors (Lipinski definition) is 6. The Balaban J connectivity index is 4.99. The summed E-state index contributed by atoms with van der Waals surface area (Å²) in [6.07, 6.45) is 0.725. The molecule has 3 amide bonds. The van der Waals surface area contributed by atoms with Gasteiger partial charge >= 0.3 is 5.97 Å². The van der Waals surface area contributed by atoms with Gasteiger partial charge in [0, 0.05) is 0 Å². The second-order valence-corrected chi connectivity index (χ2v) is 7.89. The maximum absolute atomic E-state index is 12.4. The van der Waals surface area contributed by atoms with Crippen LogP contribution in [0.3, 0.4) is 0 Å². The van der Waals surface area contributed by atoms with E-state index in [9.17, 15) is 29.4 Å². The van der Waals surface area contributed by atoms with Crippen LogP contribution in [0.25, 0.3) is 0 Å². The molecule has 10 nitrogen and oxygen atoms in total. The number of aliphatic carboxylic acids is 1. The standard InChI is InChI=1S/C17H32N4O6S/c1-8(2)12(18)15(24)19-9(3)14(23)21-13(10(4)22)16(25)20-11(17(26)27)6-7-28-5/h8-13,22H,6-7,18H2,1-5H3,(H,19,24)(H,20,25)(H,21,23)(H,26,27). The van der Waals surface area contributed by atoms with E-state index >= 15 is 0 Å². The van der Waals surface area contributed by atoms with Crippen LogP contribution >= 0.6 is 11.8 Å². The topological polar surface area (TPSA) is 171 Å². The van der Waals surface area contributed by atoms with Crippen LogP contribution in [0.5, 0.6) is 0 Å². The Morgan fingerprint density at radius 3 is 1.96 bits per heavy atom. The molecule has 0 aromatic carbocycles. The fraction of sp³-hybridized carbons (Fsp3) is 0.765. The third kappa shape index (κ3) is 8.89. The second-order valence-electron chi connectivity index (χ2n) is 6.91. The molecular weight excluding hydrogens is 388 g/mol. The largest absolute Gasteiger partial charge is 0.480 e. The molecule has 0 saturated heterocycles. The lowest BCUT2D eigenvalue weighted by Gasteiger charge is -2.25. The molecule has 0 aliphatic rings. The minimum atomic E-state index is -1.37. The summed E-state index contributed by atoms with van der Waals surface area (Å²) >= 11 is 1.43. The molecule has 0 aromatic rings. The summed E-state index contributed by atoms with van der Waals surface area (Å²) in [4.78, 5) is 47.9. The highest BCUT2D eigenvalue weighted by molar-refractivity contribution is 7.98. The quantitative estimate of drug-likeness (QED) is 0.225. The number of nitrogens with one attached hydrogen (secondary N) is 3. The summed E-state index contributed by atoms with van der Waals surface area (Å²) < 4.78 is 0. The van der Waals surface area contributed by atoms with Crippen LogP contribution in [0.15, 0.2) is 0 Å². The van der Waals surface area contributed by atoms with E-state index in [4.69, 9.17) is 5.73 Å². The Hall–Kier alpha value is -1.85. The number of aliphatic hydroxyl groups excluding tert-OH is 1. The van der Waals surface area contributed by atoms with Gasteiger partial charge in [0.25, 0.3) is 0 Å². The molecule has 5 atom stereocenters. The SMILES string of the molecule is CSCCC(NC(=O)C(NC(=O)C(C)NC(=O)C(N)C(C)C)C(C)O)C(=O)O. The number of nitrogens with two attached hydrogens (primary N) is 1. The first kappa shape index (κ1) is 26.1. The number of carbonyl (C=O) groups excluding carboxylic acids is 3. The predicted molar refractivity (Wildman–Crippen MR) is 107 cm³/mol. The number of aliphatic hydroxyl groups is 1. The molecular formula is C17H32N4O6S. The van der Waals surface area contributed by atoms with E-state index < -0.39 is 54.0 Å². The summed E-state index contributed by atoms with van der Waals surface area (Å²) in [5.41, 5.74) is 5.72. The van der Waals surface area contributed by atoms with Gasteiger partial charge in [-0.3, -0.25) is 14.4 Å². The summed E-state index contributed by atoms with van der Waals surface area (Å²) in [5.74, 6) is -2.86. The Kier molecular flexibility index (Phi) is 11.7. The molecule has 0 radical (unpaired) electrons. The van der Waals surface area contributed by atoms with Crippen molar-refractivity contribution in [3.63, 3.8) is 0 Å². The van der Waals surface area contributed by atoms with Gasteiger partial charge in [0.15, 0.2) is 0 Å². The van der Waals surface area contributed by atoms with Crippen molar-refractivity contribution < 1.29 is 29.4 Å². The smallest absolute Gasteiger partial charge is 0.326 e. The van der Waals surface area contributed by atoms with Crippen LogP contribution in [0, 0.1) is 5.92 Å². The second kappa shape index (κ2) is 12.6. The summed E-state index contributed by atoms with van der Waals surface area (Å²) in [6.45, 7) is 6.23. The van der Waals surface area contributed by atoms with Crippen molar-refractivity contribution in [1.82, 2.24) is 16.0 Å². The normalized spacial score (nSPS) is 16.4. The lowest BCUT2D eigenvalue weighted by atomic mass is 10.0. The molecule has 0 aromatic heterocycles. The maximum Gasteiger partial charge on any atom is 0.326 e. The van der Waals surface area contributed by atoms with Crippen LogP contribution in [-0.4, -0.2) is 76.2 Å². The molecule has 28 heavy (non-hydrogen) atoms. The zero-order valence-corrected chi connectivity index (χ0v) is 17.7. The minimum Gasteiger partial charge on any atom is -0.480 e. The average molecular weight is 421 g/mol. The van der Waals surface area contributed by atoms with Crippen molar-refractivity contribution in [2.75, 3.05) is 12.0 Å². The lowest BCUT2D eigenvalue weighted by Crippen LogP contribution is -2.59. The van der Waals surface area contributed by atoms with E-state index in [1.54, 1.807) is 20.1 Å². The molecule has 7 N–H and O–H groups in total. The van der Waals surface area contributed by atoms with Gasteiger partial charge in [-0.05, 0) is 38.2 Å². The van der Waals surface area contributed by atoms with Gasteiger partial charge < -0.3 is 31.9 Å². The molecule has 0 rings (SSSR count). The highest BCUT2D eigenvalue weighted by Gasteiger charge is 2.31. The fourth-order valence-electron chi connectivity index (χ4n) is 2.12. The Labute approximate surface area is 169 Å². The van der Waals surface area contributed by atoms with Gasteiger partial charge in [0.2, 0.25) is 17.7 Å². The van der Waals surface area contributed by atoms with Crippen LogP contribution in [0.1, 0.15) is 34.1 Å². The number of carboxylic acid groups (broad SMARTS) is 1. The molecule has 0 spiro atoms. The number of hydrogen-bond acceptors (Lipinski definition) is 7. The van der Waals surface area contributed by atoms with Crippen LogP contribution < -0.4 is 21.7 Å². The number of carboxylic acids is 1. The summed E-state index contributed by atoms with van der Waals surface area (Å²) in [7, 11) is 0. The summed E-state index contributed by atoms with van der Waals surface area (Å²) in [5, 5.41) is 26.1. The Bertz CT molecular complexity index is 558. The van der Waals surface area contributed by atoms with Crippen molar-refractivity contribution in [2.45, 2.75) is 64.4 Å². The van der Waals surface area contributed by atoms with E-state index in [1.807, 2.05) is 0 Å². The maximum atomic E-state index is 12.4. The third-order valence-corrected chi connectivity index (χ3v) is 4.70. The Morgan fingerprint density at radius 1 is 0.964 bits per heavy atom. The van der Waals surface area contributed by atoms with Crippen molar-refractivity contribution >= 4 is 35.5 Å². The average Bonchev–Trinajstić information content (AvgIpc) is 2.60. The van der Waals surface area contributed by atoms with Crippen LogP contribution in [-0.2, 0) is 19.2 Å². The van der Waals surface area contributed by atoms with Gasteiger partial charge in [-0.25, -0.2) is 4.79 Å². The van der Waals surface area contributed by atoms with Gasteiger partial charge in [0.05, 0.1) is 12.1 Å². The van der Waals surface area contributed by atoms with Crippen LogP contribution in [0.4, 0.5) is 0 Å². The first-order chi connectivity index (χ1) is 12.9. The van der Waals surface area contributed by atoms with E-state index in [-0.39, 0.29) is 12.3 Å². The third-order valence-electron chi connectivity index (χ3n) is 4.06. The minimum absolute atomic E-state index is 0.125. The highest BCUT2D eigenvalue weighted by Crippen LogP contribution is 2.04. The van der Waals surface area contributed by atoms with E-state index in [1.165, 1.54) is 25.6 Å². The molecule has 0 heterocycles. The van der Waals surface area contributed by atoms with E-state index in [0.717, 1.165) is 0 Å². The van der Waals surface area contributed by atoms with Gasteiger partial charge in [0.1, 0.15) is 18.1 Å². The number of rotatable bonds is 12. The Morgan fingerprint density at radius 2 is 1.54 bits per heavy atom. The molecule has 162 valence electrons. The monoisotopic (exact) mass is 420 g/mol. The molecule has 0 fully saturated rings. The fourth-order valence-corrected chi connectivity index (χ4v) is 2.59. The predicted octanol–water partition coefficient (Wildman–Crippen LogP) is -1.34. The molecule has 0 saturated carbocycles. The first-order valence-electron chi connectivity index (χ1n) is 8.98.